The Morgan fingerprint density at radius 3 is 1.98 bits per heavy atom. The van der Waals surface area contributed by atoms with Crippen molar-refractivity contribution in [3.63, 3.8) is 0 Å². The van der Waals surface area contributed by atoms with Gasteiger partial charge < -0.3 is 19.6 Å². The molecule has 4 fully saturated rings. The number of rotatable bonds is 5. The van der Waals surface area contributed by atoms with Crippen molar-refractivity contribution in [3.05, 3.63) is 34.9 Å². The molecule has 0 radical (unpaired) electrons. The summed E-state index contributed by atoms with van der Waals surface area (Å²) in [7, 11) is 2.09. The van der Waals surface area contributed by atoms with Gasteiger partial charge in [0, 0.05) is 73.7 Å². The van der Waals surface area contributed by atoms with Crippen LogP contribution in [0.2, 0.25) is 5.02 Å². The Balaban J connectivity index is 1.49. The predicted octanol–water partition coefficient (Wildman–Crippen LogP) is 5.35. The molecule has 4 aliphatic rings. The highest BCUT2D eigenvalue weighted by molar-refractivity contribution is 6.30. The number of halogens is 1. The average Bonchev–Trinajstić information content (AvgIpc) is 3.64. The Kier molecular flexibility index (Phi) is 10.5. The molecule has 8 nitrogen and oxygen atoms in total. The Morgan fingerprint density at radius 2 is 1.41 bits per heavy atom. The van der Waals surface area contributed by atoms with Crippen LogP contribution in [0, 0.1) is 17.3 Å². The molecule has 0 unspecified atom stereocenters. The van der Waals surface area contributed by atoms with E-state index in [4.69, 9.17) is 11.6 Å². The summed E-state index contributed by atoms with van der Waals surface area (Å²) in [6, 6.07) is 7.32. The quantitative estimate of drug-likeness (QED) is 0.428. The molecule has 1 saturated carbocycles. The van der Waals surface area contributed by atoms with E-state index in [9.17, 15) is 14.4 Å². The van der Waals surface area contributed by atoms with Gasteiger partial charge in [0.25, 0.3) is 0 Å². The Hall–Kier alpha value is -2.16. The van der Waals surface area contributed by atoms with Crippen LogP contribution >= 0.6 is 11.6 Å². The first-order valence-corrected chi connectivity index (χ1v) is 18.0. The summed E-state index contributed by atoms with van der Waals surface area (Å²) >= 11 is 6.27. The maximum atomic E-state index is 15.0. The van der Waals surface area contributed by atoms with E-state index < -0.39 is 11.5 Å². The van der Waals surface area contributed by atoms with Gasteiger partial charge in [-0.25, -0.2) is 0 Å². The van der Waals surface area contributed by atoms with E-state index >= 15 is 0 Å². The molecule has 3 amide bonds. The van der Waals surface area contributed by atoms with E-state index in [1.807, 2.05) is 54.8 Å². The molecule has 1 aromatic carbocycles. The van der Waals surface area contributed by atoms with E-state index in [0.717, 1.165) is 50.9 Å². The van der Waals surface area contributed by atoms with Gasteiger partial charge in [-0.1, -0.05) is 51.4 Å². The van der Waals surface area contributed by atoms with Crippen LogP contribution < -0.4 is 0 Å². The molecule has 4 atom stereocenters. The number of nitrogens with zero attached hydrogens (tertiary/aromatic N) is 5. The topological polar surface area (TPSA) is 67.4 Å². The number of likely N-dealkylation sites (tertiary alicyclic amines) is 2. The normalized spacial score (nSPS) is 30.1. The van der Waals surface area contributed by atoms with E-state index in [1.165, 1.54) is 0 Å². The van der Waals surface area contributed by atoms with E-state index in [1.54, 1.807) is 0 Å². The minimum Gasteiger partial charge on any atom is -0.338 e. The molecule has 256 valence electrons. The zero-order valence-corrected chi connectivity index (χ0v) is 30.4. The van der Waals surface area contributed by atoms with Crippen LogP contribution in [0.1, 0.15) is 92.1 Å². The Bertz CT molecular complexity index is 1240. The lowest BCUT2D eigenvalue weighted by atomic mass is 9.84. The second-order valence-electron chi connectivity index (χ2n) is 16.7. The average molecular weight is 656 g/mol. The lowest BCUT2D eigenvalue weighted by Crippen LogP contribution is -2.54. The molecule has 0 bridgehead atoms. The molecule has 3 saturated heterocycles. The van der Waals surface area contributed by atoms with Gasteiger partial charge in [0.1, 0.15) is 6.04 Å². The fourth-order valence-electron chi connectivity index (χ4n) is 8.13. The number of benzene rings is 1. The molecule has 3 heterocycles. The van der Waals surface area contributed by atoms with Gasteiger partial charge in [0.2, 0.25) is 17.7 Å². The van der Waals surface area contributed by atoms with Crippen molar-refractivity contribution in [1.82, 2.24) is 24.5 Å². The van der Waals surface area contributed by atoms with Crippen LogP contribution in [0.4, 0.5) is 0 Å². The summed E-state index contributed by atoms with van der Waals surface area (Å²) in [5.41, 5.74) is 0.458. The van der Waals surface area contributed by atoms with Crippen LogP contribution in [0.25, 0.3) is 0 Å². The highest BCUT2D eigenvalue weighted by Crippen LogP contribution is 2.41. The fraction of sp³-hybridized carbons (Fsp3) is 0.757. The van der Waals surface area contributed by atoms with Crippen molar-refractivity contribution < 1.29 is 14.4 Å². The summed E-state index contributed by atoms with van der Waals surface area (Å²) < 4.78 is 0. The molecular formula is C37H58ClN5O3. The maximum absolute atomic E-state index is 15.0. The number of carbonyl (C=O) groups is 3. The number of hydrogen-bond donors (Lipinski definition) is 0. The molecule has 5 rings (SSSR count). The van der Waals surface area contributed by atoms with Gasteiger partial charge in [-0.05, 0) is 83.5 Å². The van der Waals surface area contributed by atoms with Crippen molar-refractivity contribution >= 4 is 29.3 Å². The lowest BCUT2D eigenvalue weighted by molar-refractivity contribution is -0.147. The van der Waals surface area contributed by atoms with Crippen LogP contribution in [0.5, 0.6) is 0 Å². The molecule has 46 heavy (non-hydrogen) atoms. The Labute approximate surface area is 282 Å². The largest absolute Gasteiger partial charge is 0.338 e. The van der Waals surface area contributed by atoms with Gasteiger partial charge in [-0.15, -0.1) is 0 Å². The van der Waals surface area contributed by atoms with Crippen molar-refractivity contribution in [2.75, 3.05) is 52.9 Å². The Morgan fingerprint density at radius 1 is 0.804 bits per heavy atom. The molecule has 9 heteroatoms. The zero-order valence-electron chi connectivity index (χ0n) is 29.6. The second kappa shape index (κ2) is 13.8. The number of carbonyl (C=O) groups excluding carboxylic acids is 3. The molecule has 0 aromatic heterocycles. The van der Waals surface area contributed by atoms with Crippen LogP contribution in [0.3, 0.4) is 0 Å². The highest BCUT2D eigenvalue weighted by Gasteiger charge is 2.51. The minimum absolute atomic E-state index is 0.00503. The zero-order chi connectivity index (χ0) is 33.6. The molecule has 3 aliphatic heterocycles. The first-order chi connectivity index (χ1) is 21.5. The van der Waals surface area contributed by atoms with Gasteiger partial charge in [0.05, 0.1) is 12.0 Å². The molecule has 1 aromatic rings. The van der Waals surface area contributed by atoms with Crippen LogP contribution in [-0.2, 0) is 14.4 Å². The molecular weight excluding hydrogens is 598 g/mol. The monoisotopic (exact) mass is 655 g/mol. The third-order valence-corrected chi connectivity index (χ3v) is 11.4. The first kappa shape index (κ1) is 35.2. The summed E-state index contributed by atoms with van der Waals surface area (Å²) in [4.78, 5) is 54.2. The van der Waals surface area contributed by atoms with E-state index in [2.05, 4.69) is 49.4 Å². The molecule has 0 spiro atoms. The van der Waals surface area contributed by atoms with Crippen LogP contribution in [0.15, 0.2) is 24.3 Å². The summed E-state index contributed by atoms with van der Waals surface area (Å²) in [6.07, 6.45) is 4.67. The standard InChI is InChI=1S/C37H58ClN5O3/c1-25-9-15-28(16-10-25)43(35(46)36(2,3)4)29-21-32(34(45)40-19-17-39(8)18-20-40)42(22-29)33(44)31-24-41(37(5,6)7)23-30(31)26-11-13-27(38)14-12-26/h11-14,25,28-32H,9-10,15-24H2,1-8H3/t25-,28+,29-,30-,31+,32-/m0/s1. The predicted molar refractivity (Wildman–Crippen MR) is 185 cm³/mol. The minimum atomic E-state index is -0.562. The number of hydrogen-bond acceptors (Lipinski definition) is 5. The van der Waals surface area contributed by atoms with Crippen LogP contribution in [-0.4, -0.2) is 119 Å². The number of likely N-dealkylation sites (N-methyl/N-ethyl adjacent to an activating group) is 1. The second-order valence-corrected chi connectivity index (χ2v) is 17.2. The van der Waals surface area contributed by atoms with Crippen molar-refractivity contribution in [2.24, 2.45) is 17.3 Å². The SMILES string of the molecule is CN1CCN(C(=O)[C@@H]2C[C@H](N(C(=O)C(C)(C)C)[C@H]3CC[C@@H](C)CC3)CN2C(=O)[C@@H]2CN(C(C)(C)C)C[C@H]2c2ccc(Cl)cc2)CC1. The van der Waals surface area contributed by atoms with Crippen molar-refractivity contribution in [2.45, 2.75) is 110 Å². The lowest BCUT2D eigenvalue weighted by Gasteiger charge is -2.42. The van der Waals surface area contributed by atoms with Gasteiger partial charge >= 0.3 is 0 Å². The van der Waals surface area contributed by atoms with Crippen molar-refractivity contribution in [3.8, 4) is 0 Å². The molecule has 0 N–H and O–H groups in total. The van der Waals surface area contributed by atoms with E-state index in [0.29, 0.717) is 43.5 Å². The summed E-state index contributed by atoms with van der Waals surface area (Å²) in [5, 5.41) is 0.679. The first-order valence-electron chi connectivity index (χ1n) is 17.7. The van der Waals surface area contributed by atoms with Gasteiger partial charge in [0.15, 0.2) is 0 Å². The van der Waals surface area contributed by atoms with Gasteiger partial charge in [-0.3, -0.25) is 19.3 Å². The summed E-state index contributed by atoms with van der Waals surface area (Å²) in [6.45, 7) is 19.7. The maximum Gasteiger partial charge on any atom is 0.245 e. The van der Waals surface area contributed by atoms with E-state index in [-0.39, 0.29) is 47.2 Å². The highest BCUT2D eigenvalue weighted by atomic mass is 35.5. The molecule has 1 aliphatic carbocycles. The number of amides is 3. The van der Waals surface area contributed by atoms with Gasteiger partial charge in [-0.2, -0.15) is 0 Å². The van der Waals surface area contributed by atoms with Crippen molar-refractivity contribution in [1.29, 1.82) is 0 Å². The fourth-order valence-corrected chi connectivity index (χ4v) is 8.26. The number of piperazine rings is 1. The summed E-state index contributed by atoms with van der Waals surface area (Å²) in [5.74, 6) is 0.587. The third-order valence-electron chi connectivity index (χ3n) is 11.2. The smallest absolute Gasteiger partial charge is 0.245 e. The third kappa shape index (κ3) is 7.60.